The third-order valence-electron chi connectivity index (χ3n) is 3.98. The van der Waals surface area contributed by atoms with Crippen molar-refractivity contribution in [1.29, 1.82) is 0 Å². The Hall–Kier alpha value is 0.170. The van der Waals surface area contributed by atoms with Crippen LogP contribution in [-0.2, 0) is 4.74 Å². The summed E-state index contributed by atoms with van der Waals surface area (Å²) >= 11 is 0. The van der Waals surface area contributed by atoms with Gasteiger partial charge in [0.2, 0.25) is 0 Å². The lowest BCUT2D eigenvalue weighted by atomic mass is 9.77. The quantitative estimate of drug-likeness (QED) is 0.810. The lowest BCUT2D eigenvalue weighted by Crippen LogP contribution is -2.45. The molecular weight excluding hydrogens is 224 g/mol. The van der Waals surface area contributed by atoms with Gasteiger partial charge in [-0.25, -0.2) is 0 Å². The maximum absolute atomic E-state index is 5.70. The molecule has 1 atom stereocenters. The van der Waals surface area contributed by atoms with Gasteiger partial charge in [-0.3, -0.25) is 0 Å². The summed E-state index contributed by atoms with van der Waals surface area (Å²) in [5, 5.41) is 0. The number of likely N-dealkylation sites (N-methyl/N-ethyl adjacent to an activating group) is 1. The molecule has 1 saturated heterocycles. The molecule has 0 spiro atoms. The second kappa shape index (κ2) is 7.49. The lowest BCUT2D eigenvalue weighted by Gasteiger charge is -2.41. The number of hydrogen-bond acceptors (Lipinski definition) is 3. The van der Waals surface area contributed by atoms with Crippen LogP contribution in [0.15, 0.2) is 0 Å². The van der Waals surface area contributed by atoms with Crippen LogP contribution < -0.4 is 5.73 Å². The zero-order valence-corrected chi connectivity index (χ0v) is 11.7. The van der Waals surface area contributed by atoms with Crippen molar-refractivity contribution in [2.45, 2.75) is 39.2 Å². The Morgan fingerprint density at radius 2 is 1.94 bits per heavy atom. The van der Waals surface area contributed by atoms with Gasteiger partial charge in [0, 0.05) is 32.3 Å². The summed E-state index contributed by atoms with van der Waals surface area (Å²) in [7, 11) is 2.18. The molecule has 1 fully saturated rings. The van der Waals surface area contributed by atoms with E-state index in [1.165, 1.54) is 19.3 Å². The van der Waals surface area contributed by atoms with Crippen LogP contribution in [0, 0.1) is 5.41 Å². The summed E-state index contributed by atoms with van der Waals surface area (Å²) < 4.78 is 5.45. The molecule has 0 amide bonds. The van der Waals surface area contributed by atoms with Gasteiger partial charge in [-0.2, -0.15) is 0 Å². The molecule has 1 rings (SSSR count). The van der Waals surface area contributed by atoms with Crippen LogP contribution in [0.25, 0.3) is 0 Å². The van der Waals surface area contributed by atoms with E-state index in [0.29, 0.717) is 11.5 Å². The zero-order valence-electron chi connectivity index (χ0n) is 10.9. The van der Waals surface area contributed by atoms with E-state index < -0.39 is 0 Å². The fourth-order valence-electron chi connectivity index (χ4n) is 2.29. The van der Waals surface area contributed by atoms with Crippen molar-refractivity contribution in [2.75, 3.05) is 33.4 Å². The minimum absolute atomic E-state index is 0. The number of nitrogens with zero attached hydrogens (tertiary/aromatic N) is 1. The van der Waals surface area contributed by atoms with Gasteiger partial charge in [0.25, 0.3) is 0 Å². The number of rotatable bonds is 5. The van der Waals surface area contributed by atoms with Crippen molar-refractivity contribution in [3.8, 4) is 0 Å². The highest BCUT2D eigenvalue weighted by Gasteiger charge is 2.32. The van der Waals surface area contributed by atoms with Crippen LogP contribution in [0.3, 0.4) is 0 Å². The van der Waals surface area contributed by atoms with Crippen LogP contribution in [0.5, 0.6) is 0 Å². The average Bonchev–Trinajstić information content (AvgIpc) is 2.29. The van der Waals surface area contributed by atoms with Crippen LogP contribution in [0.2, 0.25) is 0 Å². The first kappa shape index (κ1) is 16.2. The summed E-state index contributed by atoms with van der Waals surface area (Å²) in [5.74, 6) is 0. The molecule has 3 nitrogen and oxygen atoms in total. The van der Waals surface area contributed by atoms with E-state index in [9.17, 15) is 0 Å². The maximum Gasteiger partial charge on any atom is 0.0471 e. The third-order valence-corrected chi connectivity index (χ3v) is 3.98. The molecule has 0 saturated carbocycles. The number of hydrogen-bond donors (Lipinski definition) is 1. The highest BCUT2D eigenvalue weighted by molar-refractivity contribution is 5.85. The Kier molecular flexibility index (Phi) is 7.57. The predicted octanol–water partition coefficient (Wildman–Crippen LogP) is 1.89. The first-order valence-electron chi connectivity index (χ1n) is 6.11. The molecule has 16 heavy (non-hydrogen) atoms. The summed E-state index contributed by atoms with van der Waals surface area (Å²) in [6.07, 6.45) is 3.65. The normalized spacial score (nSPS) is 21.6. The second-order valence-corrected chi connectivity index (χ2v) is 4.97. The maximum atomic E-state index is 5.70. The highest BCUT2D eigenvalue weighted by Crippen LogP contribution is 2.34. The van der Waals surface area contributed by atoms with Gasteiger partial charge in [-0.1, -0.05) is 6.92 Å². The van der Waals surface area contributed by atoms with Gasteiger partial charge in [-0.05, 0) is 38.6 Å². The highest BCUT2D eigenvalue weighted by atomic mass is 35.5. The molecule has 1 heterocycles. The van der Waals surface area contributed by atoms with E-state index in [1.807, 2.05) is 0 Å². The molecule has 4 heteroatoms. The number of ether oxygens (including phenoxy) is 1. The number of nitrogens with two attached hydrogens (primary N) is 1. The summed E-state index contributed by atoms with van der Waals surface area (Å²) in [6, 6.07) is 0.483. The van der Waals surface area contributed by atoms with Crippen LogP contribution in [0.1, 0.15) is 33.1 Å². The van der Waals surface area contributed by atoms with Gasteiger partial charge in [0.1, 0.15) is 0 Å². The fraction of sp³-hybridized carbons (Fsp3) is 1.00. The van der Waals surface area contributed by atoms with E-state index in [2.05, 4.69) is 25.8 Å². The van der Waals surface area contributed by atoms with E-state index in [4.69, 9.17) is 10.5 Å². The molecule has 0 aromatic heterocycles. The van der Waals surface area contributed by atoms with Crippen LogP contribution in [-0.4, -0.2) is 44.3 Å². The van der Waals surface area contributed by atoms with Gasteiger partial charge < -0.3 is 15.4 Å². The van der Waals surface area contributed by atoms with E-state index in [-0.39, 0.29) is 12.4 Å². The van der Waals surface area contributed by atoms with Crippen LogP contribution >= 0.6 is 12.4 Å². The van der Waals surface area contributed by atoms with Crippen molar-refractivity contribution >= 4 is 12.4 Å². The van der Waals surface area contributed by atoms with Gasteiger partial charge in [-0.15, -0.1) is 12.4 Å². The van der Waals surface area contributed by atoms with Crippen molar-refractivity contribution in [3.05, 3.63) is 0 Å². The largest absolute Gasteiger partial charge is 0.381 e. The molecule has 0 radical (unpaired) electrons. The smallest absolute Gasteiger partial charge is 0.0471 e. The van der Waals surface area contributed by atoms with Gasteiger partial charge >= 0.3 is 0 Å². The average molecular weight is 251 g/mol. The van der Waals surface area contributed by atoms with E-state index in [0.717, 1.165) is 26.3 Å². The fourth-order valence-corrected chi connectivity index (χ4v) is 2.29. The van der Waals surface area contributed by atoms with Gasteiger partial charge in [0.15, 0.2) is 0 Å². The number of halogens is 1. The molecule has 1 aliphatic rings. The zero-order chi connectivity index (χ0) is 11.3. The molecule has 1 unspecified atom stereocenters. The summed E-state index contributed by atoms with van der Waals surface area (Å²) in [4.78, 5) is 2.40. The monoisotopic (exact) mass is 250 g/mol. The molecule has 2 N–H and O–H groups in total. The first-order chi connectivity index (χ1) is 7.13. The topological polar surface area (TPSA) is 38.5 Å². The van der Waals surface area contributed by atoms with Crippen LogP contribution in [0.4, 0.5) is 0 Å². The second-order valence-electron chi connectivity index (χ2n) is 4.97. The Morgan fingerprint density at radius 3 is 2.38 bits per heavy atom. The molecule has 0 aromatic carbocycles. The first-order valence-corrected chi connectivity index (χ1v) is 6.11. The Morgan fingerprint density at radius 1 is 1.38 bits per heavy atom. The lowest BCUT2D eigenvalue weighted by molar-refractivity contribution is -0.00764. The molecule has 0 aliphatic carbocycles. The van der Waals surface area contributed by atoms with Gasteiger partial charge in [0.05, 0.1) is 0 Å². The van der Waals surface area contributed by atoms with Crippen molar-refractivity contribution in [3.63, 3.8) is 0 Å². The summed E-state index contributed by atoms with van der Waals surface area (Å²) in [6.45, 7) is 8.25. The van der Waals surface area contributed by atoms with Crippen molar-refractivity contribution < 1.29 is 4.74 Å². The predicted molar refractivity (Wildman–Crippen MR) is 71.2 cm³/mol. The molecule has 98 valence electrons. The Balaban J connectivity index is 0.00000225. The Labute approximate surface area is 106 Å². The molecule has 1 aliphatic heterocycles. The molecule has 0 aromatic rings. The standard InChI is InChI=1S/C12H26N2O.ClH/c1-4-12(5-7-15-8-6-12)10-14(3)11(2)9-13;/h11H,4-10,13H2,1-3H3;1H. The molecule has 0 bridgehead atoms. The minimum atomic E-state index is 0. The van der Waals surface area contributed by atoms with E-state index >= 15 is 0 Å². The van der Waals surface area contributed by atoms with Crippen molar-refractivity contribution in [1.82, 2.24) is 4.90 Å². The summed E-state index contributed by atoms with van der Waals surface area (Å²) in [5.41, 5.74) is 6.16. The molecular formula is C12H27ClN2O. The van der Waals surface area contributed by atoms with Crippen molar-refractivity contribution in [2.24, 2.45) is 11.1 Å². The SMILES string of the molecule is CCC1(CN(C)C(C)CN)CCOCC1.Cl. The van der Waals surface area contributed by atoms with E-state index in [1.54, 1.807) is 0 Å². The Bertz CT molecular complexity index is 184. The minimum Gasteiger partial charge on any atom is -0.381 e. The third kappa shape index (κ3) is 4.21.